The van der Waals surface area contributed by atoms with Crippen LogP contribution in [0.15, 0.2) is 53.0 Å². The average Bonchev–Trinajstić information content (AvgIpc) is 2.71. The van der Waals surface area contributed by atoms with Crippen molar-refractivity contribution in [2.24, 2.45) is 0 Å². The number of alkyl halides is 3. The Morgan fingerprint density at radius 3 is 2.47 bits per heavy atom. The highest BCUT2D eigenvalue weighted by atomic mass is 79.9. The molecule has 1 aliphatic heterocycles. The van der Waals surface area contributed by atoms with Crippen LogP contribution >= 0.6 is 15.9 Å². The molecule has 2 aromatic carbocycles. The predicted octanol–water partition coefficient (Wildman–Crippen LogP) is 7.07. The van der Waals surface area contributed by atoms with Crippen LogP contribution in [0.3, 0.4) is 0 Å². The summed E-state index contributed by atoms with van der Waals surface area (Å²) in [5, 5.41) is 0. The van der Waals surface area contributed by atoms with E-state index < -0.39 is 17.3 Å². The Morgan fingerprint density at radius 2 is 1.84 bits per heavy atom. The number of benzene rings is 2. The van der Waals surface area contributed by atoms with Crippen molar-refractivity contribution in [3.05, 3.63) is 69.7 Å². The summed E-state index contributed by atoms with van der Waals surface area (Å²) in [6, 6.07) is 10.8. The second kappa shape index (κ2) is 9.57. The van der Waals surface area contributed by atoms with Crippen molar-refractivity contribution in [2.45, 2.75) is 45.6 Å². The third kappa shape index (κ3) is 6.28. The summed E-state index contributed by atoms with van der Waals surface area (Å²) in [5.41, 5.74) is 1.29. The normalized spacial score (nSPS) is 14.7. The Balaban J connectivity index is 1.78. The molecular formula is C24H25BrF3NO3. The first-order valence-corrected chi connectivity index (χ1v) is 11.0. The van der Waals surface area contributed by atoms with Crippen molar-refractivity contribution in [3.8, 4) is 5.75 Å². The minimum Gasteiger partial charge on any atom is -0.488 e. The highest BCUT2D eigenvalue weighted by Crippen LogP contribution is 2.37. The molecule has 0 bridgehead atoms. The van der Waals surface area contributed by atoms with Gasteiger partial charge >= 0.3 is 12.3 Å². The van der Waals surface area contributed by atoms with Crippen LogP contribution in [-0.4, -0.2) is 29.7 Å². The topological polar surface area (TPSA) is 38.8 Å². The van der Waals surface area contributed by atoms with E-state index >= 15 is 0 Å². The van der Waals surface area contributed by atoms with Gasteiger partial charge < -0.3 is 14.4 Å². The second-order valence-electron chi connectivity index (χ2n) is 8.49. The molecule has 0 radical (unpaired) electrons. The third-order valence-electron chi connectivity index (χ3n) is 4.85. The van der Waals surface area contributed by atoms with Gasteiger partial charge in [0.25, 0.3) is 0 Å². The van der Waals surface area contributed by atoms with Gasteiger partial charge in [0, 0.05) is 17.6 Å². The largest absolute Gasteiger partial charge is 0.488 e. The van der Waals surface area contributed by atoms with Gasteiger partial charge in [0.2, 0.25) is 0 Å². The molecule has 0 spiro atoms. The van der Waals surface area contributed by atoms with Crippen LogP contribution < -0.4 is 4.74 Å². The maximum Gasteiger partial charge on any atom is 0.419 e. The number of hydrogen-bond donors (Lipinski definition) is 0. The van der Waals surface area contributed by atoms with Gasteiger partial charge in [-0.05, 0) is 68.2 Å². The molecule has 0 N–H and O–H groups in total. The Kier molecular flexibility index (Phi) is 7.22. The van der Waals surface area contributed by atoms with E-state index in [0.29, 0.717) is 19.5 Å². The Labute approximate surface area is 194 Å². The minimum absolute atomic E-state index is 0.0189. The molecule has 1 heterocycles. The minimum atomic E-state index is -4.49. The SMILES string of the molecule is CC(C)(C)OC(=O)N1CC=C(c2ccc(Br)cc2COc2ccccc2C(F)(F)F)CC1. The highest BCUT2D eigenvalue weighted by Gasteiger charge is 2.34. The summed E-state index contributed by atoms with van der Waals surface area (Å²) in [6.07, 6.45) is -2.30. The third-order valence-corrected chi connectivity index (χ3v) is 5.34. The van der Waals surface area contributed by atoms with E-state index in [0.717, 1.165) is 27.2 Å². The fourth-order valence-electron chi connectivity index (χ4n) is 3.38. The first kappa shape index (κ1) is 24.2. The number of nitrogens with zero attached hydrogens (tertiary/aromatic N) is 1. The van der Waals surface area contributed by atoms with Crippen LogP contribution in [0.4, 0.5) is 18.0 Å². The molecule has 3 rings (SSSR count). The van der Waals surface area contributed by atoms with Crippen LogP contribution in [-0.2, 0) is 17.5 Å². The standard InChI is InChI=1S/C24H25BrF3NO3/c1-23(2,3)32-22(30)29-12-10-16(11-13-29)19-9-8-18(25)14-17(19)15-31-21-7-5-4-6-20(21)24(26,27)28/h4-10,14H,11-13,15H2,1-3H3. The zero-order chi connectivity index (χ0) is 23.5. The summed E-state index contributed by atoms with van der Waals surface area (Å²) in [6.45, 7) is 6.34. The molecule has 0 saturated heterocycles. The first-order chi connectivity index (χ1) is 14.9. The quantitative estimate of drug-likeness (QED) is 0.440. The van der Waals surface area contributed by atoms with E-state index in [1.54, 1.807) is 4.90 Å². The van der Waals surface area contributed by atoms with Gasteiger partial charge in [-0.3, -0.25) is 0 Å². The maximum atomic E-state index is 13.3. The molecule has 4 nitrogen and oxygen atoms in total. The number of rotatable bonds is 4. The molecule has 1 amide bonds. The average molecular weight is 512 g/mol. The number of hydrogen-bond acceptors (Lipinski definition) is 3. The van der Waals surface area contributed by atoms with Crippen molar-refractivity contribution in [1.29, 1.82) is 0 Å². The van der Waals surface area contributed by atoms with Crippen LogP contribution in [0.2, 0.25) is 0 Å². The van der Waals surface area contributed by atoms with Crippen molar-refractivity contribution >= 4 is 27.6 Å². The molecule has 0 fully saturated rings. The zero-order valence-electron chi connectivity index (χ0n) is 18.1. The van der Waals surface area contributed by atoms with Gasteiger partial charge in [-0.1, -0.05) is 40.2 Å². The molecule has 0 aliphatic carbocycles. The lowest BCUT2D eigenvalue weighted by Gasteiger charge is -2.30. The monoisotopic (exact) mass is 511 g/mol. The van der Waals surface area contributed by atoms with Gasteiger partial charge in [0.15, 0.2) is 0 Å². The number of halogens is 4. The van der Waals surface area contributed by atoms with E-state index in [9.17, 15) is 18.0 Å². The summed E-state index contributed by atoms with van der Waals surface area (Å²) < 4.78 is 51.6. The lowest BCUT2D eigenvalue weighted by atomic mass is 9.95. The smallest absolute Gasteiger partial charge is 0.419 e. The molecule has 0 aromatic heterocycles. The molecule has 172 valence electrons. The van der Waals surface area contributed by atoms with Crippen LogP contribution in [0.25, 0.3) is 5.57 Å². The number of amides is 1. The Bertz CT molecular complexity index is 1010. The van der Waals surface area contributed by atoms with Crippen molar-refractivity contribution in [1.82, 2.24) is 4.90 Å². The lowest BCUT2D eigenvalue weighted by Crippen LogP contribution is -2.39. The van der Waals surface area contributed by atoms with Gasteiger partial charge in [-0.15, -0.1) is 0 Å². The van der Waals surface area contributed by atoms with E-state index in [1.807, 2.05) is 45.0 Å². The fourth-order valence-corrected chi connectivity index (χ4v) is 3.79. The van der Waals surface area contributed by atoms with Crippen molar-refractivity contribution in [3.63, 3.8) is 0 Å². The molecule has 1 aliphatic rings. The molecule has 8 heteroatoms. The first-order valence-electron chi connectivity index (χ1n) is 10.2. The van der Waals surface area contributed by atoms with Gasteiger partial charge in [0.05, 0.1) is 5.56 Å². The molecule has 0 unspecified atom stereocenters. The number of carbonyl (C=O) groups excluding carboxylic acids is 1. The fraction of sp³-hybridized carbons (Fsp3) is 0.375. The molecule has 2 aromatic rings. The van der Waals surface area contributed by atoms with E-state index in [4.69, 9.17) is 9.47 Å². The van der Waals surface area contributed by atoms with E-state index in [1.165, 1.54) is 18.2 Å². The molecule has 32 heavy (non-hydrogen) atoms. The number of ether oxygens (including phenoxy) is 2. The molecular weight excluding hydrogens is 487 g/mol. The maximum absolute atomic E-state index is 13.3. The summed E-state index contributed by atoms with van der Waals surface area (Å²) in [4.78, 5) is 13.9. The van der Waals surface area contributed by atoms with Gasteiger partial charge in [-0.25, -0.2) is 4.79 Å². The van der Waals surface area contributed by atoms with E-state index in [-0.39, 0.29) is 18.4 Å². The van der Waals surface area contributed by atoms with Crippen LogP contribution in [0, 0.1) is 0 Å². The second-order valence-corrected chi connectivity index (χ2v) is 9.41. The van der Waals surface area contributed by atoms with Crippen molar-refractivity contribution in [2.75, 3.05) is 13.1 Å². The highest BCUT2D eigenvalue weighted by molar-refractivity contribution is 9.10. The summed E-state index contributed by atoms with van der Waals surface area (Å²) in [7, 11) is 0. The predicted molar refractivity (Wildman–Crippen MR) is 120 cm³/mol. The molecule has 0 saturated carbocycles. The zero-order valence-corrected chi connectivity index (χ0v) is 19.7. The molecule has 0 atom stereocenters. The van der Waals surface area contributed by atoms with Gasteiger partial charge in [0.1, 0.15) is 18.0 Å². The van der Waals surface area contributed by atoms with Crippen LogP contribution in [0.5, 0.6) is 5.75 Å². The van der Waals surface area contributed by atoms with Crippen LogP contribution in [0.1, 0.15) is 43.9 Å². The van der Waals surface area contributed by atoms with Crippen molar-refractivity contribution < 1.29 is 27.4 Å². The number of para-hydroxylation sites is 1. The Hall–Kier alpha value is -2.48. The summed E-state index contributed by atoms with van der Waals surface area (Å²) in [5.74, 6) is -0.209. The summed E-state index contributed by atoms with van der Waals surface area (Å²) >= 11 is 3.42. The number of carbonyl (C=O) groups is 1. The lowest BCUT2D eigenvalue weighted by molar-refractivity contribution is -0.139. The van der Waals surface area contributed by atoms with E-state index in [2.05, 4.69) is 15.9 Å². The Morgan fingerprint density at radius 1 is 1.12 bits per heavy atom. The van der Waals surface area contributed by atoms with Gasteiger partial charge in [-0.2, -0.15) is 13.2 Å².